The van der Waals surface area contributed by atoms with E-state index in [0.717, 1.165) is 32.1 Å². The van der Waals surface area contributed by atoms with Crippen LogP contribution in [0.4, 0.5) is 4.79 Å². The van der Waals surface area contributed by atoms with Gasteiger partial charge in [0.25, 0.3) is 0 Å². The van der Waals surface area contributed by atoms with Gasteiger partial charge in [-0.15, -0.1) is 6.58 Å². The third kappa shape index (κ3) is 5.77. The van der Waals surface area contributed by atoms with Crippen LogP contribution in [0, 0.1) is 11.8 Å². The molecule has 2 amide bonds. The molecule has 0 bridgehead atoms. The summed E-state index contributed by atoms with van der Waals surface area (Å²) in [7, 11) is 0. The highest BCUT2D eigenvalue weighted by atomic mass is 16.4. The summed E-state index contributed by atoms with van der Waals surface area (Å²) in [5, 5.41) is 14.6. The lowest BCUT2D eigenvalue weighted by molar-refractivity contribution is -0.143. The van der Waals surface area contributed by atoms with Gasteiger partial charge in [-0.25, -0.2) is 4.79 Å². The molecule has 1 rings (SSSR count). The number of carbonyl (C=O) groups excluding carboxylic acids is 1. The average molecular weight is 268 g/mol. The first-order valence-electron chi connectivity index (χ1n) is 6.91. The summed E-state index contributed by atoms with van der Waals surface area (Å²) >= 11 is 0. The summed E-state index contributed by atoms with van der Waals surface area (Å²) in [6.07, 6.45) is 5.71. The molecule has 1 fully saturated rings. The second-order valence-electron chi connectivity index (χ2n) is 5.34. The largest absolute Gasteiger partial charge is 0.481 e. The Morgan fingerprint density at radius 3 is 2.53 bits per heavy atom. The van der Waals surface area contributed by atoms with Gasteiger partial charge in [-0.2, -0.15) is 0 Å². The van der Waals surface area contributed by atoms with Crippen LogP contribution in [0.25, 0.3) is 0 Å². The van der Waals surface area contributed by atoms with Gasteiger partial charge in [0.15, 0.2) is 0 Å². The molecule has 0 aromatic carbocycles. The first-order chi connectivity index (χ1) is 9.02. The molecule has 0 aliphatic heterocycles. The molecule has 3 N–H and O–H groups in total. The molecule has 108 valence electrons. The third-order valence-electron chi connectivity index (χ3n) is 3.65. The van der Waals surface area contributed by atoms with E-state index in [-0.39, 0.29) is 18.0 Å². The van der Waals surface area contributed by atoms with Crippen LogP contribution >= 0.6 is 0 Å². The average Bonchev–Trinajstić information content (AvgIpc) is 2.37. The predicted molar refractivity (Wildman–Crippen MR) is 73.9 cm³/mol. The first kappa shape index (κ1) is 15.5. The van der Waals surface area contributed by atoms with Gasteiger partial charge >= 0.3 is 12.0 Å². The number of hydrogen-bond donors (Lipinski definition) is 3. The monoisotopic (exact) mass is 268 g/mol. The van der Waals surface area contributed by atoms with Crippen molar-refractivity contribution in [2.75, 3.05) is 6.54 Å². The second-order valence-corrected chi connectivity index (χ2v) is 5.34. The number of carbonyl (C=O) groups is 2. The standard InChI is InChI=1S/C14H24N2O3/c1-3-4-10(2)16-14(19)15-9-11-5-7-12(8-6-11)13(17)18/h3,10-12H,1,4-9H2,2H3,(H,17,18)(H2,15,16,19). The van der Waals surface area contributed by atoms with Crippen molar-refractivity contribution in [3.8, 4) is 0 Å². The van der Waals surface area contributed by atoms with E-state index in [1.807, 2.05) is 6.92 Å². The molecule has 5 heteroatoms. The fourth-order valence-corrected chi connectivity index (χ4v) is 2.43. The molecule has 1 unspecified atom stereocenters. The molecule has 0 heterocycles. The molecule has 1 aliphatic rings. The maximum Gasteiger partial charge on any atom is 0.315 e. The Morgan fingerprint density at radius 2 is 2.00 bits per heavy atom. The summed E-state index contributed by atoms with van der Waals surface area (Å²) in [5.41, 5.74) is 0. The Bertz CT molecular complexity index is 323. The van der Waals surface area contributed by atoms with Crippen molar-refractivity contribution in [1.82, 2.24) is 10.6 Å². The van der Waals surface area contributed by atoms with E-state index in [9.17, 15) is 9.59 Å². The van der Waals surface area contributed by atoms with Crippen molar-refractivity contribution in [2.45, 2.75) is 45.1 Å². The summed E-state index contributed by atoms with van der Waals surface area (Å²) in [4.78, 5) is 22.4. The van der Waals surface area contributed by atoms with E-state index < -0.39 is 5.97 Å². The van der Waals surface area contributed by atoms with Crippen LogP contribution in [0.15, 0.2) is 12.7 Å². The highest BCUT2D eigenvalue weighted by molar-refractivity contribution is 5.74. The van der Waals surface area contributed by atoms with Crippen molar-refractivity contribution < 1.29 is 14.7 Å². The van der Waals surface area contributed by atoms with Gasteiger partial charge in [-0.1, -0.05) is 6.08 Å². The van der Waals surface area contributed by atoms with Gasteiger partial charge in [0.05, 0.1) is 5.92 Å². The van der Waals surface area contributed by atoms with Crippen molar-refractivity contribution >= 4 is 12.0 Å². The van der Waals surface area contributed by atoms with E-state index in [1.165, 1.54) is 0 Å². The molecular formula is C14H24N2O3. The maximum atomic E-state index is 11.6. The topological polar surface area (TPSA) is 78.4 Å². The Hall–Kier alpha value is -1.52. The molecule has 5 nitrogen and oxygen atoms in total. The molecule has 1 aliphatic carbocycles. The van der Waals surface area contributed by atoms with Gasteiger partial charge in [0, 0.05) is 12.6 Å². The second kappa shape index (κ2) is 7.81. The molecule has 0 radical (unpaired) electrons. The van der Waals surface area contributed by atoms with Gasteiger partial charge in [0.2, 0.25) is 0 Å². The van der Waals surface area contributed by atoms with E-state index in [4.69, 9.17) is 5.11 Å². The fraction of sp³-hybridized carbons (Fsp3) is 0.714. The van der Waals surface area contributed by atoms with E-state index >= 15 is 0 Å². The quantitative estimate of drug-likeness (QED) is 0.646. The summed E-state index contributed by atoms with van der Waals surface area (Å²) < 4.78 is 0. The third-order valence-corrected chi connectivity index (χ3v) is 3.65. The lowest BCUT2D eigenvalue weighted by Gasteiger charge is -2.26. The van der Waals surface area contributed by atoms with Crippen LogP contribution in [-0.4, -0.2) is 29.7 Å². The number of aliphatic carboxylic acids is 1. The van der Waals surface area contributed by atoms with Crippen LogP contribution < -0.4 is 10.6 Å². The lowest BCUT2D eigenvalue weighted by atomic mass is 9.82. The number of urea groups is 1. The lowest BCUT2D eigenvalue weighted by Crippen LogP contribution is -2.42. The van der Waals surface area contributed by atoms with Crippen LogP contribution in [0.2, 0.25) is 0 Å². The summed E-state index contributed by atoms with van der Waals surface area (Å²) in [5.74, 6) is -0.490. The van der Waals surface area contributed by atoms with Gasteiger partial charge in [-0.3, -0.25) is 4.79 Å². The minimum atomic E-state index is -0.692. The molecule has 0 aromatic rings. The van der Waals surface area contributed by atoms with Crippen LogP contribution in [0.5, 0.6) is 0 Å². The zero-order valence-electron chi connectivity index (χ0n) is 11.5. The predicted octanol–water partition coefficient (Wildman–Crippen LogP) is 2.14. The van der Waals surface area contributed by atoms with E-state index in [1.54, 1.807) is 6.08 Å². The molecule has 1 atom stereocenters. The SMILES string of the molecule is C=CCC(C)NC(=O)NCC1CCC(C(=O)O)CC1. The van der Waals surface area contributed by atoms with Crippen molar-refractivity contribution in [1.29, 1.82) is 0 Å². The molecule has 1 saturated carbocycles. The van der Waals surface area contributed by atoms with Gasteiger partial charge in [-0.05, 0) is 44.9 Å². The minimum absolute atomic E-state index is 0.0836. The Labute approximate surface area is 114 Å². The van der Waals surface area contributed by atoms with Crippen molar-refractivity contribution in [3.05, 3.63) is 12.7 Å². The Balaban J connectivity index is 2.18. The first-order valence-corrected chi connectivity index (χ1v) is 6.91. The van der Waals surface area contributed by atoms with Crippen LogP contribution in [-0.2, 0) is 4.79 Å². The molecule has 0 aromatic heterocycles. The van der Waals surface area contributed by atoms with Crippen LogP contribution in [0.3, 0.4) is 0 Å². The minimum Gasteiger partial charge on any atom is -0.481 e. The van der Waals surface area contributed by atoms with Crippen LogP contribution in [0.1, 0.15) is 39.0 Å². The molecule has 19 heavy (non-hydrogen) atoms. The number of amides is 2. The molecule has 0 saturated heterocycles. The summed E-state index contributed by atoms with van der Waals surface area (Å²) in [6, 6.07) is -0.0741. The maximum absolute atomic E-state index is 11.6. The molecular weight excluding hydrogens is 244 g/mol. The highest BCUT2D eigenvalue weighted by Gasteiger charge is 2.25. The van der Waals surface area contributed by atoms with E-state index in [2.05, 4.69) is 17.2 Å². The van der Waals surface area contributed by atoms with Gasteiger partial charge < -0.3 is 15.7 Å². The number of carboxylic acid groups (broad SMARTS) is 1. The Kier molecular flexibility index (Phi) is 6.39. The van der Waals surface area contributed by atoms with E-state index in [0.29, 0.717) is 12.5 Å². The Morgan fingerprint density at radius 1 is 1.37 bits per heavy atom. The van der Waals surface area contributed by atoms with Crippen molar-refractivity contribution in [2.24, 2.45) is 11.8 Å². The number of rotatable bonds is 6. The summed E-state index contributed by atoms with van der Waals surface area (Å²) in [6.45, 7) is 6.18. The normalized spacial score (nSPS) is 24.3. The zero-order chi connectivity index (χ0) is 14.3. The molecule has 0 spiro atoms. The smallest absolute Gasteiger partial charge is 0.315 e. The van der Waals surface area contributed by atoms with Gasteiger partial charge in [0.1, 0.15) is 0 Å². The fourth-order valence-electron chi connectivity index (χ4n) is 2.43. The highest BCUT2D eigenvalue weighted by Crippen LogP contribution is 2.28. The number of carboxylic acids is 1. The number of nitrogens with one attached hydrogen (secondary N) is 2. The van der Waals surface area contributed by atoms with Crippen molar-refractivity contribution in [3.63, 3.8) is 0 Å². The zero-order valence-corrected chi connectivity index (χ0v) is 11.5. The number of hydrogen-bond acceptors (Lipinski definition) is 2.